The van der Waals surface area contributed by atoms with E-state index in [0.717, 1.165) is 34.8 Å². The van der Waals surface area contributed by atoms with E-state index in [1.165, 1.54) is 19.0 Å². The summed E-state index contributed by atoms with van der Waals surface area (Å²) in [6, 6.07) is 28.1. The number of rotatable bonds is 10. The number of nitrogens with zero attached hydrogens (tertiary/aromatic N) is 8. The molecule has 6 rings (SSSR count). The van der Waals surface area contributed by atoms with Crippen LogP contribution in [-0.2, 0) is 22.6 Å². The quantitative estimate of drug-likeness (QED) is 0.155. The molecule has 240 valence electrons. The van der Waals surface area contributed by atoms with Gasteiger partial charge in [0.1, 0.15) is 12.6 Å². The van der Waals surface area contributed by atoms with E-state index in [0.29, 0.717) is 47.0 Å². The maximum atomic E-state index is 11.6. The normalized spacial score (nSPS) is 10.4. The third-order valence-corrected chi connectivity index (χ3v) is 6.95. The summed E-state index contributed by atoms with van der Waals surface area (Å²) in [7, 11) is 2.69. The lowest BCUT2D eigenvalue weighted by atomic mass is 10.1. The first kappa shape index (κ1) is 32.7. The van der Waals surface area contributed by atoms with Gasteiger partial charge in [-0.3, -0.25) is 9.59 Å². The number of carbonyl (C=O) groups excluding carboxylic acids is 4. The molecule has 0 unspecified atom stereocenters. The number of hydrogen-bond acceptors (Lipinski definition) is 12. The van der Waals surface area contributed by atoms with Crippen molar-refractivity contribution in [2.75, 3.05) is 14.2 Å². The van der Waals surface area contributed by atoms with Crippen molar-refractivity contribution in [2.45, 2.75) is 13.1 Å². The van der Waals surface area contributed by atoms with Gasteiger partial charge in [-0.2, -0.15) is 4.80 Å². The maximum Gasteiger partial charge on any atom is 0.337 e. The molecule has 0 bridgehead atoms. The number of benzene rings is 4. The summed E-state index contributed by atoms with van der Waals surface area (Å²) >= 11 is 0. The first-order valence-corrected chi connectivity index (χ1v) is 14.4. The molecule has 0 saturated heterocycles. The van der Waals surface area contributed by atoms with E-state index >= 15 is 0 Å². The number of ether oxygens (including phenoxy) is 2. The molecule has 4 aromatic carbocycles. The Morgan fingerprint density at radius 2 is 1.21 bits per heavy atom. The second-order valence-corrected chi connectivity index (χ2v) is 10.2. The predicted molar refractivity (Wildman–Crippen MR) is 171 cm³/mol. The Labute approximate surface area is 273 Å². The average Bonchev–Trinajstić information content (AvgIpc) is 3.81. The van der Waals surface area contributed by atoms with Crippen molar-refractivity contribution in [3.8, 4) is 22.8 Å². The SMILES string of the molecule is COC(=O)c1cccc(Cn2nnc(-c3ccc(C=O)cc3)n2)c1.COC(=O)c1cccc(Cn2nnnc2-c2ccc(C=O)cc2)c1. The Morgan fingerprint density at radius 1 is 0.667 bits per heavy atom. The second kappa shape index (κ2) is 15.5. The molecule has 6 aromatic rings. The standard InChI is InChI=1S/2C17H14N4O3/c1-24-17(23)15-4-2-3-13(9-15)10-21-16(18-19-20-21)14-7-5-12(11-22)6-8-14;1-24-17(23)15-4-2-3-13(9-15)10-21-19-16(18-20-21)14-7-5-12(11-22)6-8-14/h2*2-9,11H,10H2,1H3. The van der Waals surface area contributed by atoms with Crippen LogP contribution in [0.1, 0.15) is 52.6 Å². The third kappa shape index (κ3) is 8.11. The third-order valence-electron chi connectivity index (χ3n) is 6.95. The molecular formula is C34H28N8O6. The minimum absolute atomic E-state index is 0.379. The fraction of sp³-hybridized carbons (Fsp3) is 0.118. The van der Waals surface area contributed by atoms with Crippen LogP contribution in [0.3, 0.4) is 0 Å². The summed E-state index contributed by atoms with van der Waals surface area (Å²) in [5, 5.41) is 24.1. The highest BCUT2D eigenvalue weighted by atomic mass is 16.5. The number of carbonyl (C=O) groups is 4. The molecule has 0 fully saturated rings. The fourth-order valence-electron chi connectivity index (χ4n) is 4.53. The number of aldehydes is 2. The molecule has 2 aromatic heterocycles. The lowest BCUT2D eigenvalue weighted by Crippen LogP contribution is -2.07. The van der Waals surface area contributed by atoms with Gasteiger partial charge in [0, 0.05) is 22.3 Å². The summed E-state index contributed by atoms with van der Waals surface area (Å²) < 4.78 is 11.1. The molecule has 14 heteroatoms. The largest absolute Gasteiger partial charge is 0.465 e. The zero-order valence-electron chi connectivity index (χ0n) is 25.8. The fourth-order valence-corrected chi connectivity index (χ4v) is 4.53. The Balaban J connectivity index is 0.000000188. The van der Waals surface area contributed by atoms with Gasteiger partial charge in [-0.05, 0) is 51.0 Å². The van der Waals surface area contributed by atoms with E-state index in [1.807, 2.05) is 12.1 Å². The first-order valence-electron chi connectivity index (χ1n) is 14.4. The number of hydrogen-bond donors (Lipinski definition) is 0. The highest BCUT2D eigenvalue weighted by Gasteiger charge is 2.12. The molecule has 0 N–H and O–H groups in total. The van der Waals surface area contributed by atoms with E-state index in [4.69, 9.17) is 9.47 Å². The lowest BCUT2D eigenvalue weighted by molar-refractivity contribution is 0.0591. The van der Waals surface area contributed by atoms with E-state index in [9.17, 15) is 19.2 Å². The molecule has 0 spiro atoms. The Kier molecular flexibility index (Phi) is 10.6. The van der Waals surface area contributed by atoms with Gasteiger partial charge in [0.25, 0.3) is 0 Å². The van der Waals surface area contributed by atoms with Crippen LogP contribution in [-0.4, -0.2) is 79.1 Å². The van der Waals surface area contributed by atoms with E-state index < -0.39 is 5.97 Å². The van der Waals surface area contributed by atoms with Gasteiger partial charge >= 0.3 is 11.9 Å². The minimum Gasteiger partial charge on any atom is -0.465 e. The number of tetrazole rings is 2. The number of esters is 2. The van der Waals surface area contributed by atoms with E-state index in [2.05, 4.69) is 30.9 Å². The van der Waals surface area contributed by atoms with Crippen molar-refractivity contribution in [2.24, 2.45) is 0 Å². The van der Waals surface area contributed by atoms with Crippen LogP contribution in [0.15, 0.2) is 97.1 Å². The average molecular weight is 645 g/mol. The van der Waals surface area contributed by atoms with Crippen LogP contribution < -0.4 is 0 Å². The summed E-state index contributed by atoms with van der Waals surface area (Å²) in [6.45, 7) is 0.785. The van der Waals surface area contributed by atoms with Gasteiger partial charge in [-0.15, -0.1) is 15.3 Å². The maximum absolute atomic E-state index is 11.6. The van der Waals surface area contributed by atoms with Crippen molar-refractivity contribution in [1.82, 2.24) is 40.4 Å². The van der Waals surface area contributed by atoms with Crippen LogP contribution in [0, 0.1) is 0 Å². The van der Waals surface area contributed by atoms with Crippen molar-refractivity contribution in [1.29, 1.82) is 0 Å². The molecule has 0 saturated carbocycles. The Hall–Kier alpha value is -6.70. The van der Waals surface area contributed by atoms with Gasteiger partial charge in [0.05, 0.1) is 38.4 Å². The number of methoxy groups -OCH3 is 2. The molecule has 0 atom stereocenters. The van der Waals surface area contributed by atoms with E-state index in [1.54, 1.807) is 89.6 Å². The number of aromatic nitrogens is 8. The molecule has 0 amide bonds. The van der Waals surface area contributed by atoms with Crippen LogP contribution in [0.5, 0.6) is 0 Å². The van der Waals surface area contributed by atoms with Crippen molar-refractivity contribution < 1.29 is 28.7 Å². The highest BCUT2D eigenvalue weighted by molar-refractivity contribution is 5.90. The van der Waals surface area contributed by atoms with Gasteiger partial charge in [-0.25, -0.2) is 14.3 Å². The van der Waals surface area contributed by atoms with Gasteiger partial charge in [0.15, 0.2) is 5.82 Å². The van der Waals surface area contributed by atoms with Crippen molar-refractivity contribution in [3.63, 3.8) is 0 Å². The first-order chi connectivity index (χ1) is 23.4. The second-order valence-electron chi connectivity index (χ2n) is 10.2. The lowest BCUT2D eigenvalue weighted by Gasteiger charge is -2.06. The summed E-state index contributed by atoms with van der Waals surface area (Å²) in [6.07, 6.45) is 1.56. The zero-order valence-corrected chi connectivity index (χ0v) is 25.8. The summed E-state index contributed by atoms with van der Waals surface area (Å²) in [4.78, 5) is 46.0. The van der Waals surface area contributed by atoms with Crippen LogP contribution in [0.4, 0.5) is 0 Å². The molecule has 0 aliphatic heterocycles. The summed E-state index contributed by atoms with van der Waals surface area (Å²) in [5.41, 5.74) is 5.42. The van der Waals surface area contributed by atoms with Gasteiger partial charge in [0.2, 0.25) is 5.82 Å². The van der Waals surface area contributed by atoms with Gasteiger partial charge < -0.3 is 9.47 Å². The molecule has 0 aliphatic rings. The Bertz CT molecular complexity index is 2040. The van der Waals surface area contributed by atoms with Gasteiger partial charge in [-0.1, -0.05) is 72.8 Å². The summed E-state index contributed by atoms with van der Waals surface area (Å²) in [5.74, 6) is 0.269. The Morgan fingerprint density at radius 3 is 1.75 bits per heavy atom. The topological polar surface area (TPSA) is 174 Å². The van der Waals surface area contributed by atoms with E-state index in [-0.39, 0.29) is 5.97 Å². The zero-order chi connectivity index (χ0) is 33.9. The molecular weight excluding hydrogens is 616 g/mol. The molecule has 14 nitrogen and oxygen atoms in total. The molecule has 0 radical (unpaired) electrons. The minimum atomic E-state index is -0.391. The monoisotopic (exact) mass is 644 g/mol. The van der Waals surface area contributed by atoms with Crippen LogP contribution >= 0.6 is 0 Å². The highest BCUT2D eigenvalue weighted by Crippen LogP contribution is 2.18. The van der Waals surface area contributed by atoms with Crippen LogP contribution in [0.25, 0.3) is 22.8 Å². The van der Waals surface area contributed by atoms with Crippen molar-refractivity contribution >= 4 is 24.5 Å². The molecule has 48 heavy (non-hydrogen) atoms. The smallest absolute Gasteiger partial charge is 0.337 e. The molecule has 0 aliphatic carbocycles. The predicted octanol–water partition coefficient (Wildman–Crippen LogP) is 3.98. The van der Waals surface area contributed by atoms with Crippen molar-refractivity contribution in [3.05, 3.63) is 130 Å². The molecule has 2 heterocycles. The van der Waals surface area contributed by atoms with Crippen LogP contribution in [0.2, 0.25) is 0 Å².